The van der Waals surface area contributed by atoms with Crippen molar-refractivity contribution in [1.29, 1.82) is 0 Å². The maximum Gasteiger partial charge on any atom is 0.251 e. The number of sulfonamides is 1. The van der Waals surface area contributed by atoms with Crippen molar-refractivity contribution < 1.29 is 17.9 Å². The van der Waals surface area contributed by atoms with Crippen LogP contribution in [0, 0.1) is 6.92 Å². The van der Waals surface area contributed by atoms with Crippen LogP contribution in [0.3, 0.4) is 0 Å². The van der Waals surface area contributed by atoms with Crippen LogP contribution in [0.15, 0.2) is 47.4 Å². The standard InChI is InChI=1S/C22H28N2O4S/c1-16-10-11-21(28-3)20(14-16)17(2)23-22(25)18-8-7-9-19(15-18)29(26,27)24-12-5-4-6-13-24/h7-11,14-15,17H,4-6,12-13H2,1-3H3,(H,23,25)/t17-/m0/s1. The quantitative estimate of drug-likeness (QED) is 0.780. The summed E-state index contributed by atoms with van der Waals surface area (Å²) in [5, 5.41) is 2.95. The predicted octanol–water partition coefficient (Wildman–Crippen LogP) is 3.67. The summed E-state index contributed by atoms with van der Waals surface area (Å²) in [5.74, 6) is 0.376. The molecule has 2 aromatic rings. The molecular weight excluding hydrogens is 388 g/mol. The summed E-state index contributed by atoms with van der Waals surface area (Å²) in [6.45, 7) is 4.92. The van der Waals surface area contributed by atoms with E-state index in [0.29, 0.717) is 24.4 Å². The van der Waals surface area contributed by atoms with E-state index < -0.39 is 10.0 Å². The Hall–Kier alpha value is -2.38. The number of ether oxygens (including phenoxy) is 1. The van der Waals surface area contributed by atoms with Crippen molar-refractivity contribution in [3.63, 3.8) is 0 Å². The maximum atomic E-state index is 12.9. The highest BCUT2D eigenvalue weighted by Gasteiger charge is 2.26. The van der Waals surface area contributed by atoms with Gasteiger partial charge in [-0.2, -0.15) is 4.31 Å². The van der Waals surface area contributed by atoms with E-state index in [1.807, 2.05) is 32.0 Å². The molecule has 2 aromatic carbocycles. The van der Waals surface area contributed by atoms with Gasteiger partial charge in [0, 0.05) is 24.2 Å². The number of hydrogen-bond donors (Lipinski definition) is 1. The zero-order valence-electron chi connectivity index (χ0n) is 17.1. The van der Waals surface area contributed by atoms with E-state index in [9.17, 15) is 13.2 Å². The number of hydrogen-bond acceptors (Lipinski definition) is 4. The second kappa shape index (κ2) is 8.97. The van der Waals surface area contributed by atoms with Gasteiger partial charge in [0.05, 0.1) is 18.0 Å². The minimum Gasteiger partial charge on any atom is -0.496 e. The normalized spacial score (nSPS) is 16.2. The van der Waals surface area contributed by atoms with Gasteiger partial charge in [-0.3, -0.25) is 4.79 Å². The Morgan fingerprint density at radius 3 is 2.52 bits per heavy atom. The van der Waals surface area contributed by atoms with E-state index in [0.717, 1.165) is 30.4 Å². The average Bonchev–Trinajstić information content (AvgIpc) is 2.74. The molecule has 0 bridgehead atoms. The van der Waals surface area contributed by atoms with E-state index in [1.165, 1.54) is 10.4 Å². The van der Waals surface area contributed by atoms with E-state index in [4.69, 9.17) is 4.74 Å². The number of carbonyl (C=O) groups is 1. The van der Waals surface area contributed by atoms with E-state index in [1.54, 1.807) is 25.3 Å². The number of rotatable bonds is 6. The number of amides is 1. The second-order valence-electron chi connectivity index (χ2n) is 7.43. The van der Waals surface area contributed by atoms with Crippen molar-refractivity contribution in [2.45, 2.75) is 44.0 Å². The molecule has 1 atom stereocenters. The van der Waals surface area contributed by atoms with Crippen molar-refractivity contribution >= 4 is 15.9 Å². The molecule has 1 N–H and O–H groups in total. The minimum atomic E-state index is -3.58. The molecule has 1 aliphatic rings. The number of benzene rings is 2. The topological polar surface area (TPSA) is 75.7 Å². The van der Waals surface area contributed by atoms with Crippen LogP contribution in [0.25, 0.3) is 0 Å². The third-order valence-corrected chi connectivity index (χ3v) is 7.14. The number of nitrogens with zero attached hydrogens (tertiary/aromatic N) is 1. The van der Waals surface area contributed by atoms with Crippen LogP contribution in [0.5, 0.6) is 5.75 Å². The molecule has 1 fully saturated rings. The minimum absolute atomic E-state index is 0.160. The van der Waals surface area contributed by atoms with Crippen LogP contribution in [0.1, 0.15) is 53.7 Å². The van der Waals surface area contributed by atoms with Crippen LogP contribution in [-0.4, -0.2) is 38.8 Å². The second-order valence-corrected chi connectivity index (χ2v) is 9.37. The molecule has 1 saturated heterocycles. The van der Waals surface area contributed by atoms with Gasteiger partial charge in [0.2, 0.25) is 10.0 Å². The van der Waals surface area contributed by atoms with Crippen molar-refractivity contribution in [3.8, 4) is 5.75 Å². The van der Waals surface area contributed by atoms with Crippen molar-refractivity contribution in [1.82, 2.24) is 9.62 Å². The van der Waals surface area contributed by atoms with E-state index in [2.05, 4.69) is 5.32 Å². The summed E-state index contributed by atoms with van der Waals surface area (Å²) < 4.78 is 32.7. The van der Waals surface area contributed by atoms with Gasteiger partial charge in [-0.25, -0.2) is 8.42 Å². The molecule has 156 valence electrons. The molecule has 1 heterocycles. The van der Waals surface area contributed by atoms with Gasteiger partial charge in [0.25, 0.3) is 5.91 Å². The van der Waals surface area contributed by atoms with Crippen LogP contribution < -0.4 is 10.1 Å². The van der Waals surface area contributed by atoms with Gasteiger partial charge >= 0.3 is 0 Å². The lowest BCUT2D eigenvalue weighted by Gasteiger charge is -2.26. The molecule has 1 aliphatic heterocycles. The molecular formula is C22H28N2O4S. The number of aryl methyl sites for hydroxylation is 1. The lowest BCUT2D eigenvalue weighted by Crippen LogP contribution is -2.35. The van der Waals surface area contributed by atoms with Crippen molar-refractivity contribution in [2.75, 3.05) is 20.2 Å². The van der Waals surface area contributed by atoms with E-state index >= 15 is 0 Å². The predicted molar refractivity (Wildman–Crippen MR) is 113 cm³/mol. The van der Waals surface area contributed by atoms with Gasteiger partial charge in [0.15, 0.2) is 0 Å². The summed E-state index contributed by atoms with van der Waals surface area (Å²) in [6.07, 6.45) is 2.79. The Bertz CT molecular complexity index is 982. The van der Waals surface area contributed by atoms with Crippen LogP contribution >= 0.6 is 0 Å². The fourth-order valence-electron chi connectivity index (χ4n) is 3.60. The Balaban J connectivity index is 1.80. The smallest absolute Gasteiger partial charge is 0.251 e. The van der Waals surface area contributed by atoms with Gasteiger partial charge < -0.3 is 10.1 Å². The van der Waals surface area contributed by atoms with E-state index in [-0.39, 0.29) is 16.8 Å². The molecule has 0 saturated carbocycles. The largest absolute Gasteiger partial charge is 0.496 e. The summed E-state index contributed by atoms with van der Waals surface area (Å²) in [4.78, 5) is 13.0. The molecule has 0 aliphatic carbocycles. The Kier molecular flexibility index (Phi) is 6.59. The fourth-order valence-corrected chi connectivity index (χ4v) is 5.17. The van der Waals surface area contributed by atoms with Crippen LogP contribution in [-0.2, 0) is 10.0 Å². The molecule has 29 heavy (non-hydrogen) atoms. The van der Waals surface area contributed by atoms with Gasteiger partial charge in [-0.15, -0.1) is 0 Å². The molecule has 1 amide bonds. The first-order valence-corrected chi connectivity index (χ1v) is 11.3. The third-order valence-electron chi connectivity index (χ3n) is 5.25. The number of nitrogens with one attached hydrogen (secondary N) is 1. The fraction of sp³-hybridized carbons (Fsp3) is 0.409. The highest BCUT2D eigenvalue weighted by Crippen LogP contribution is 2.27. The van der Waals surface area contributed by atoms with Crippen molar-refractivity contribution in [2.24, 2.45) is 0 Å². The first-order chi connectivity index (χ1) is 13.8. The third kappa shape index (κ3) is 4.79. The zero-order valence-corrected chi connectivity index (χ0v) is 18.0. The highest BCUT2D eigenvalue weighted by atomic mass is 32.2. The lowest BCUT2D eigenvalue weighted by molar-refractivity contribution is 0.0939. The van der Waals surface area contributed by atoms with Gasteiger partial charge in [-0.05, 0) is 51.0 Å². The maximum absolute atomic E-state index is 12.9. The number of methoxy groups -OCH3 is 1. The molecule has 3 rings (SSSR count). The van der Waals surface area contributed by atoms with Crippen LogP contribution in [0.4, 0.5) is 0 Å². The summed E-state index contributed by atoms with van der Waals surface area (Å²) in [7, 11) is -1.99. The van der Waals surface area contributed by atoms with Crippen LogP contribution in [0.2, 0.25) is 0 Å². The first-order valence-electron chi connectivity index (χ1n) is 9.88. The Labute approximate surface area is 172 Å². The van der Waals surface area contributed by atoms with Crippen molar-refractivity contribution in [3.05, 3.63) is 59.2 Å². The average molecular weight is 417 g/mol. The zero-order chi connectivity index (χ0) is 21.0. The molecule has 7 heteroatoms. The number of piperidine rings is 1. The summed E-state index contributed by atoms with van der Waals surface area (Å²) in [5.41, 5.74) is 2.26. The molecule has 0 aromatic heterocycles. The SMILES string of the molecule is COc1ccc(C)cc1[C@H](C)NC(=O)c1cccc(S(=O)(=O)N2CCCCC2)c1. The number of carbonyl (C=O) groups excluding carboxylic acids is 1. The molecule has 6 nitrogen and oxygen atoms in total. The molecule has 0 radical (unpaired) electrons. The molecule has 0 spiro atoms. The Morgan fingerprint density at radius 2 is 1.83 bits per heavy atom. The van der Waals surface area contributed by atoms with Gasteiger partial charge in [-0.1, -0.05) is 30.2 Å². The molecule has 0 unspecified atom stereocenters. The monoisotopic (exact) mass is 416 g/mol. The highest BCUT2D eigenvalue weighted by molar-refractivity contribution is 7.89. The Morgan fingerprint density at radius 1 is 1.10 bits per heavy atom. The lowest BCUT2D eigenvalue weighted by atomic mass is 10.0. The summed E-state index contributed by atoms with van der Waals surface area (Å²) >= 11 is 0. The van der Waals surface area contributed by atoms with Gasteiger partial charge in [0.1, 0.15) is 5.75 Å². The summed E-state index contributed by atoms with van der Waals surface area (Å²) in [6, 6.07) is 11.8. The first kappa shape index (κ1) is 21.3.